The molecule has 0 aromatic heterocycles. The van der Waals surface area contributed by atoms with E-state index >= 15 is 0 Å². The van der Waals surface area contributed by atoms with Gasteiger partial charge in [-0.3, -0.25) is 4.79 Å². The minimum absolute atomic E-state index is 0.0186. The fourth-order valence-electron chi connectivity index (χ4n) is 3.06. The van der Waals surface area contributed by atoms with Gasteiger partial charge in [0.1, 0.15) is 0 Å². The Morgan fingerprint density at radius 2 is 2.08 bits per heavy atom. The lowest BCUT2D eigenvalue weighted by atomic mass is 10.1. The van der Waals surface area contributed by atoms with Crippen molar-refractivity contribution >= 4 is 55.9 Å². The number of halogens is 1. The molecule has 7 nitrogen and oxygen atoms in total. The first-order chi connectivity index (χ1) is 12.2. The smallest absolute Gasteiger partial charge is 0.248 e. The van der Waals surface area contributed by atoms with Crippen LogP contribution in [0.2, 0.25) is 5.02 Å². The summed E-state index contributed by atoms with van der Waals surface area (Å²) in [5.74, 6) is -1.90. The summed E-state index contributed by atoms with van der Waals surface area (Å²) < 4.78 is 24.1. The van der Waals surface area contributed by atoms with Crippen molar-refractivity contribution in [3.63, 3.8) is 0 Å². The van der Waals surface area contributed by atoms with Crippen molar-refractivity contribution in [1.29, 1.82) is 0 Å². The van der Waals surface area contributed by atoms with Crippen LogP contribution in [0.15, 0.2) is 23.2 Å². The highest BCUT2D eigenvalue weighted by Crippen LogP contribution is 2.42. The van der Waals surface area contributed by atoms with E-state index in [1.165, 1.54) is 11.8 Å². The zero-order chi connectivity index (χ0) is 19.1. The molecule has 1 aromatic carbocycles. The summed E-state index contributed by atoms with van der Waals surface area (Å²) in [5.41, 5.74) is 1.57. The minimum atomic E-state index is -3.16. The minimum Gasteiger partial charge on any atom is -0.550 e. The maximum absolute atomic E-state index is 12.0. The van der Waals surface area contributed by atoms with Crippen LogP contribution < -0.4 is 10.0 Å². The number of amides is 1. The molecular weight excluding hydrogens is 400 g/mol. The van der Waals surface area contributed by atoms with Gasteiger partial charge in [-0.15, -0.1) is 0 Å². The summed E-state index contributed by atoms with van der Waals surface area (Å²) in [6, 6.07) is 4.92. The standard InChI is InChI=1S/C16H17ClN2O5S2/c1-9-2-3-10(17)6-11(9)19-12-7-26(23,24)8-13(12)25-16(19)18-14(20)4-5-15(21)22/h2-3,6,12-13H,4-5,7-8H2,1H3,(H,21,22)/p-1/t12-,13-/m0/s1. The lowest BCUT2D eigenvalue weighted by Gasteiger charge is -2.26. The lowest BCUT2D eigenvalue weighted by Crippen LogP contribution is -2.38. The molecular formula is C16H16ClN2O5S2-. The monoisotopic (exact) mass is 415 g/mol. The van der Waals surface area contributed by atoms with Crippen molar-refractivity contribution in [1.82, 2.24) is 0 Å². The summed E-state index contributed by atoms with van der Waals surface area (Å²) in [6.45, 7) is 1.86. The Morgan fingerprint density at radius 3 is 2.77 bits per heavy atom. The van der Waals surface area contributed by atoms with E-state index in [2.05, 4.69) is 4.99 Å². The third-order valence-electron chi connectivity index (χ3n) is 4.26. The average molecular weight is 416 g/mol. The van der Waals surface area contributed by atoms with Gasteiger partial charge in [0, 0.05) is 28.4 Å². The number of sulfone groups is 1. The number of carboxylic acids is 1. The summed E-state index contributed by atoms with van der Waals surface area (Å²) in [6.07, 6.45) is -0.667. The number of hydrogen-bond acceptors (Lipinski definition) is 6. The number of aliphatic carboxylic acids is 1. The second kappa shape index (κ2) is 7.21. The second-order valence-electron chi connectivity index (χ2n) is 6.26. The fourth-order valence-corrected chi connectivity index (χ4v) is 7.15. The van der Waals surface area contributed by atoms with Gasteiger partial charge in [-0.2, -0.15) is 4.99 Å². The number of benzene rings is 1. The van der Waals surface area contributed by atoms with E-state index in [4.69, 9.17) is 11.6 Å². The summed E-state index contributed by atoms with van der Waals surface area (Å²) in [5, 5.41) is 11.2. The number of fused-ring (bicyclic) bond motifs is 1. The molecule has 0 aliphatic carbocycles. The lowest BCUT2D eigenvalue weighted by molar-refractivity contribution is -0.305. The van der Waals surface area contributed by atoms with E-state index in [1.54, 1.807) is 17.0 Å². The molecule has 0 bridgehead atoms. The number of carbonyl (C=O) groups is 2. The number of aryl methyl sites for hydroxylation is 1. The predicted octanol–water partition coefficient (Wildman–Crippen LogP) is 0.780. The van der Waals surface area contributed by atoms with Crippen LogP contribution in [0.4, 0.5) is 5.69 Å². The second-order valence-corrected chi connectivity index (χ2v) is 10.1. The van der Waals surface area contributed by atoms with Crippen molar-refractivity contribution in [2.45, 2.75) is 31.1 Å². The quantitative estimate of drug-likeness (QED) is 0.715. The Balaban J connectivity index is 1.97. The first-order valence-corrected chi connectivity index (χ1v) is 11.0. The maximum atomic E-state index is 12.0. The molecule has 2 heterocycles. The molecule has 2 aliphatic heterocycles. The zero-order valence-electron chi connectivity index (χ0n) is 13.8. The molecule has 26 heavy (non-hydrogen) atoms. The summed E-state index contributed by atoms with van der Waals surface area (Å²) in [4.78, 5) is 28.3. The third kappa shape index (κ3) is 4.05. The molecule has 1 aromatic rings. The number of amidine groups is 1. The molecule has 1 amide bonds. The number of carboxylic acid groups (broad SMARTS) is 1. The molecule has 140 valence electrons. The molecule has 0 saturated carbocycles. The third-order valence-corrected chi connectivity index (χ3v) is 7.71. The number of aliphatic imine (C=N–C) groups is 1. The average Bonchev–Trinajstić information content (AvgIpc) is 2.99. The van der Waals surface area contributed by atoms with Crippen LogP contribution in [-0.2, 0) is 19.4 Å². The molecule has 2 atom stereocenters. The van der Waals surface area contributed by atoms with Crippen LogP contribution in [0.3, 0.4) is 0 Å². The van der Waals surface area contributed by atoms with Crippen molar-refractivity contribution in [2.24, 2.45) is 4.99 Å². The van der Waals surface area contributed by atoms with Crippen molar-refractivity contribution in [2.75, 3.05) is 16.4 Å². The van der Waals surface area contributed by atoms with Gasteiger partial charge in [0.15, 0.2) is 15.0 Å². The van der Waals surface area contributed by atoms with Crippen LogP contribution in [0.1, 0.15) is 18.4 Å². The number of anilines is 1. The molecule has 10 heteroatoms. The van der Waals surface area contributed by atoms with E-state index in [-0.39, 0.29) is 29.2 Å². The van der Waals surface area contributed by atoms with Gasteiger partial charge in [-0.05, 0) is 31.0 Å². The topological polar surface area (TPSA) is 107 Å². The number of thioether (sulfide) groups is 1. The Kier molecular flexibility index (Phi) is 5.32. The highest BCUT2D eigenvalue weighted by Gasteiger charge is 2.49. The molecule has 2 aliphatic rings. The first kappa shape index (κ1) is 19.2. The van der Waals surface area contributed by atoms with Crippen molar-refractivity contribution < 1.29 is 23.1 Å². The van der Waals surface area contributed by atoms with Gasteiger partial charge in [-0.25, -0.2) is 8.42 Å². The Hall–Kier alpha value is -1.58. The van der Waals surface area contributed by atoms with Crippen molar-refractivity contribution in [3.8, 4) is 0 Å². The molecule has 0 N–H and O–H groups in total. The number of rotatable bonds is 4. The maximum Gasteiger partial charge on any atom is 0.248 e. The molecule has 2 fully saturated rings. The van der Waals surface area contributed by atoms with E-state index in [0.717, 1.165) is 5.56 Å². The van der Waals surface area contributed by atoms with Crippen LogP contribution in [-0.4, -0.2) is 48.3 Å². The van der Waals surface area contributed by atoms with Crippen LogP contribution in [0.5, 0.6) is 0 Å². The number of hydrogen-bond donors (Lipinski definition) is 0. The van der Waals surface area contributed by atoms with E-state index < -0.39 is 28.1 Å². The van der Waals surface area contributed by atoms with Gasteiger partial charge >= 0.3 is 0 Å². The van der Waals surface area contributed by atoms with Crippen LogP contribution in [0.25, 0.3) is 0 Å². The molecule has 0 unspecified atom stereocenters. The van der Waals surface area contributed by atoms with Crippen LogP contribution >= 0.6 is 23.4 Å². The molecule has 0 radical (unpaired) electrons. The normalized spacial score (nSPS) is 25.5. The summed E-state index contributed by atoms with van der Waals surface area (Å²) >= 11 is 7.33. The van der Waals surface area contributed by atoms with Crippen LogP contribution in [0, 0.1) is 6.92 Å². The van der Waals surface area contributed by atoms with E-state index in [0.29, 0.717) is 15.9 Å². The SMILES string of the molecule is Cc1ccc(Cl)cc1N1C(=NC(=O)CCC(=O)[O-])S[C@H]2CS(=O)(=O)C[C@@H]21. The summed E-state index contributed by atoms with van der Waals surface area (Å²) in [7, 11) is -3.16. The first-order valence-electron chi connectivity index (χ1n) is 7.90. The van der Waals surface area contributed by atoms with Gasteiger partial charge < -0.3 is 14.8 Å². The molecule has 2 saturated heterocycles. The number of carbonyl (C=O) groups excluding carboxylic acids is 2. The predicted molar refractivity (Wildman–Crippen MR) is 99.2 cm³/mol. The molecule has 0 spiro atoms. The Morgan fingerprint density at radius 1 is 1.35 bits per heavy atom. The van der Waals surface area contributed by atoms with Gasteiger partial charge in [-0.1, -0.05) is 29.4 Å². The van der Waals surface area contributed by atoms with Crippen molar-refractivity contribution in [3.05, 3.63) is 28.8 Å². The van der Waals surface area contributed by atoms with Gasteiger partial charge in [0.2, 0.25) is 5.91 Å². The van der Waals surface area contributed by atoms with E-state index in [1.807, 2.05) is 13.0 Å². The Bertz CT molecular complexity index is 900. The number of nitrogens with zero attached hydrogens (tertiary/aromatic N) is 2. The van der Waals surface area contributed by atoms with E-state index in [9.17, 15) is 23.1 Å². The Labute approximate surface area is 160 Å². The van der Waals surface area contributed by atoms with Gasteiger partial charge in [0.25, 0.3) is 0 Å². The highest BCUT2D eigenvalue weighted by molar-refractivity contribution is 8.16. The molecule has 3 rings (SSSR count). The fraction of sp³-hybridized carbons (Fsp3) is 0.438. The highest BCUT2D eigenvalue weighted by atomic mass is 35.5. The zero-order valence-corrected chi connectivity index (χ0v) is 16.2. The van der Waals surface area contributed by atoms with Gasteiger partial charge in [0.05, 0.1) is 17.5 Å². The largest absolute Gasteiger partial charge is 0.550 e.